The van der Waals surface area contributed by atoms with E-state index in [4.69, 9.17) is 0 Å². The molecule has 0 heterocycles. The number of hydrogen-bond donors (Lipinski definition) is 0. The van der Waals surface area contributed by atoms with Crippen LogP contribution in [0.1, 0.15) is 23.5 Å². The number of hydrogen-bond acceptors (Lipinski definition) is 2. The molecule has 24 heavy (non-hydrogen) atoms. The van der Waals surface area contributed by atoms with Crippen LogP contribution in [0, 0.1) is 11.7 Å². The van der Waals surface area contributed by atoms with Crippen LogP contribution in [0.4, 0.5) is 17.6 Å². The normalized spacial score (nSPS) is 19.8. The molecule has 0 aromatic heterocycles. The van der Waals surface area contributed by atoms with Crippen molar-refractivity contribution in [1.29, 1.82) is 0 Å². The lowest BCUT2D eigenvalue weighted by atomic mass is 10.0. The van der Waals surface area contributed by atoms with Crippen LogP contribution < -0.4 is 4.74 Å². The molecular formula is C18H14F4O2. The fourth-order valence-corrected chi connectivity index (χ4v) is 2.85. The van der Waals surface area contributed by atoms with Crippen LogP contribution in [0.25, 0.3) is 0 Å². The maximum atomic E-state index is 13.3. The van der Waals surface area contributed by atoms with Crippen molar-refractivity contribution in [3.63, 3.8) is 0 Å². The number of carbonyl (C=O) groups is 1. The topological polar surface area (TPSA) is 26.3 Å². The Hall–Kier alpha value is -2.37. The highest BCUT2D eigenvalue weighted by atomic mass is 19.4. The molecule has 0 radical (unpaired) electrons. The van der Waals surface area contributed by atoms with Gasteiger partial charge in [0.05, 0.1) is 0 Å². The average molecular weight is 338 g/mol. The highest BCUT2D eigenvalue weighted by molar-refractivity contribution is 5.87. The van der Waals surface area contributed by atoms with E-state index in [-0.39, 0.29) is 29.6 Å². The second-order valence-corrected chi connectivity index (χ2v) is 5.80. The minimum absolute atomic E-state index is 0.0826. The first-order valence-electron chi connectivity index (χ1n) is 7.45. The van der Waals surface area contributed by atoms with Crippen LogP contribution in [0.2, 0.25) is 0 Å². The van der Waals surface area contributed by atoms with E-state index in [0.29, 0.717) is 6.42 Å². The Kier molecular flexibility index (Phi) is 4.30. The summed E-state index contributed by atoms with van der Waals surface area (Å²) in [5, 5.41) is 0. The average Bonchev–Trinajstić information content (AvgIpc) is 3.30. The van der Waals surface area contributed by atoms with Gasteiger partial charge in [-0.15, -0.1) is 13.2 Å². The Labute approximate surface area is 136 Å². The predicted octanol–water partition coefficient (Wildman–Crippen LogP) is 4.64. The lowest BCUT2D eigenvalue weighted by Gasteiger charge is -2.13. The lowest BCUT2D eigenvalue weighted by molar-refractivity contribution is -0.274. The largest absolute Gasteiger partial charge is 0.573 e. The molecule has 0 bridgehead atoms. The summed E-state index contributed by atoms with van der Waals surface area (Å²) in [5.74, 6) is -1.60. The summed E-state index contributed by atoms with van der Waals surface area (Å²) < 4.78 is 54.5. The molecule has 0 saturated heterocycles. The van der Waals surface area contributed by atoms with Crippen molar-refractivity contribution in [2.45, 2.75) is 25.1 Å². The molecule has 6 heteroatoms. The Morgan fingerprint density at radius 3 is 2.50 bits per heavy atom. The number of ether oxygens (including phenoxy) is 1. The van der Waals surface area contributed by atoms with E-state index >= 15 is 0 Å². The maximum absolute atomic E-state index is 13.3. The van der Waals surface area contributed by atoms with E-state index in [0.717, 1.165) is 23.8 Å². The van der Waals surface area contributed by atoms with E-state index in [1.165, 1.54) is 0 Å². The zero-order valence-corrected chi connectivity index (χ0v) is 12.5. The zero-order valence-electron chi connectivity index (χ0n) is 12.5. The third kappa shape index (κ3) is 3.93. The molecule has 126 valence electrons. The van der Waals surface area contributed by atoms with Crippen molar-refractivity contribution >= 4 is 5.78 Å². The second-order valence-electron chi connectivity index (χ2n) is 5.80. The van der Waals surface area contributed by atoms with Gasteiger partial charge in [0.1, 0.15) is 17.3 Å². The van der Waals surface area contributed by atoms with Crippen molar-refractivity contribution in [3.05, 3.63) is 65.5 Å². The van der Waals surface area contributed by atoms with Gasteiger partial charge < -0.3 is 4.74 Å². The van der Waals surface area contributed by atoms with E-state index < -0.39 is 17.9 Å². The van der Waals surface area contributed by atoms with Gasteiger partial charge in [-0.2, -0.15) is 0 Å². The Morgan fingerprint density at radius 2 is 1.83 bits per heavy atom. The Bertz CT molecular complexity index is 740. The lowest BCUT2D eigenvalue weighted by Crippen LogP contribution is -2.19. The first-order valence-corrected chi connectivity index (χ1v) is 7.45. The van der Waals surface area contributed by atoms with Crippen molar-refractivity contribution in [1.82, 2.24) is 0 Å². The fraction of sp³-hybridized carbons (Fsp3) is 0.278. The third-order valence-electron chi connectivity index (χ3n) is 4.04. The molecule has 0 spiro atoms. The number of ketones is 1. The monoisotopic (exact) mass is 338 g/mol. The van der Waals surface area contributed by atoms with E-state index in [1.54, 1.807) is 0 Å². The van der Waals surface area contributed by atoms with Gasteiger partial charge in [0.25, 0.3) is 0 Å². The highest BCUT2D eigenvalue weighted by Crippen LogP contribution is 2.48. The third-order valence-corrected chi connectivity index (χ3v) is 4.04. The van der Waals surface area contributed by atoms with Crippen LogP contribution in [0.5, 0.6) is 5.75 Å². The molecule has 0 unspecified atom stereocenters. The van der Waals surface area contributed by atoms with Gasteiger partial charge >= 0.3 is 6.36 Å². The van der Waals surface area contributed by atoms with E-state index in [1.807, 2.05) is 30.3 Å². The maximum Gasteiger partial charge on any atom is 0.573 e. The number of carbonyl (C=O) groups excluding carboxylic acids is 1. The molecule has 1 aliphatic rings. The second kappa shape index (κ2) is 6.26. The predicted molar refractivity (Wildman–Crippen MR) is 79.1 cm³/mol. The minimum atomic E-state index is -4.89. The molecule has 3 rings (SSSR count). The number of benzene rings is 2. The molecule has 0 amide bonds. The van der Waals surface area contributed by atoms with Gasteiger partial charge in [-0.3, -0.25) is 4.79 Å². The van der Waals surface area contributed by atoms with Crippen LogP contribution in [0.3, 0.4) is 0 Å². The van der Waals surface area contributed by atoms with Gasteiger partial charge in [0, 0.05) is 17.9 Å². The standard InChI is InChI=1S/C18H14F4O2/c19-13-6-7-17(24-18(20,21)22)12(8-13)9-16(23)15-10-14(15)11-4-2-1-3-5-11/h1-8,14-15H,9-10H2/t14-,15+/m0/s1. The molecule has 1 saturated carbocycles. The Balaban J connectivity index is 1.72. The van der Waals surface area contributed by atoms with E-state index in [9.17, 15) is 22.4 Å². The van der Waals surface area contributed by atoms with Gasteiger partial charge in [-0.25, -0.2) is 4.39 Å². The number of alkyl halides is 3. The van der Waals surface area contributed by atoms with Crippen molar-refractivity contribution in [2.75, 3.05) is 0 Å². The SMILES string of the molecule is O=C(Cc1cc(F)ccc1OC(F)(F)F)[C@@H]1C[C@H]1c1ccccc1. The number of Topliss-reactive ketones (excluding diaryl/α,β-unsaturated/α-hetero) is 1. The molecular weight excluding hydrogens is 324 g/mol. The summed E-state index contributed by atoms with van der Waals surface area (Å²) in [6.45, 7) is 0. The fourth-order valence-electron chi connectivity index (χ4n) is 2.85. The highest BCUT2D eigenvalue weighted by Gasteiger charge is 2.43. The van der Waals surface area contributed by atoms with Crippen molar-refractivity contribution < 1.29 is 27.1 Å². The molecule has 1 aliphatic carbocycles. The van der Waals surface area contributed by atoms with Crippen LogP contribution in [-0.4, -0.2) is 12.1 Å². The molecule has 1 fully saturated rings. The smallest absolute Gasteiger partial charge is 0.405 e. The van der Waals surface area contributed by atoms with Gasteiger partial charge in [-0.1, -0.05) is 30.3 Å². The summed E-state index contributed by atoms with van der Waals surface area (Å²) in [6, 6.07) is 12.1. The van der Waals surface area contributed by atoms with Gasteiger partial charge in [-0.05, 0) is 36.1 Å². The Morgan fingerprint density at radius 1 is 1.12 bits per heavy atom. The quantitative estimate of drug-likeness (QED) is 0.743. The summed E-state index contributed by atoms with van der Waals surface area (Å²) >= 11 is 0. The van der Waals surface area contributed by atoms with Crippen molar-refractivity contribution in [3.8, 4) is 5.75 Å². The summed E-state index contributed by atoms with van der Waals surface area (Å²) in [4.78, 5) is 12.3. The molecule has 2 aromatic rings. The summed E-state index contributed by atoms with van der Waals surface area (Å²) in [7, 11) is 0. The number of halogens is 4. The zero-order chi connectivity index (χ0) is 17.3. The molecule has 2 atom stereocenters. The van der Waals surface area contributed by atoms with Gasteiger partial charge in [0.2, 0.25) is 0 Å². The first kappa shape index (κ1) is 16.5. The van der Waals surface area contributed by atoms with Gasteiger partial charge in [0.15, 0.2) is 0 Å². The van der Waals surface area contributed by atoms with Crippen molar-refractivity contribution in [2.24, 2.45) is 5.92 Å². The molecule has 2 nitrogen and oxygen atoms in total. The summed E-state index contributed by atoms with van der Waals surface area (Å²) in [5.41, 5.74) is 0.942. The van der Waals surface area contributed by atoms with E-state index in [2.05, 4.69) is 4.74 Å². The number of rotatable bonds is 5. The first-order chi connectivity index (χ1) is 11.3. The summed E-state index contributed by atoms with van der Waals surface area (Å²) in [6.07, 6.45) is -4.51. The van der Waals surface area contributed by atoms with Crippen LogP contribution in [-0.2, 0) is 11.2 Å². The van der Waals surface area contributed by atoms with Crippen LogP contribution >= 0.6 is 0 Å². The minimum Gasteiger partial charge on any atom is -0.405 e. The molecule has 0 aliphatic heterocycles. The van der Waals surface area contributed by atoms with Crippen LogP contribution in [0.15, 0.2) is 48.5 Å². The molecule has 2 aromatic carbocycles. The molecule has 0 N–H and O–H groups in total.